The van der Waals surface area contributed by atoms with Crippen molar-refractivity contribution in [2.24, 2.45) is 5.92 Å². The first kappa shape index (κ1) is 16.5. The molecule has 2 aliphatic rings. The Bertz CT molecular complexity index is 650. The highest BCUT2D eigenvalue weighted by atomic mass is 19.1. The van der Waals surface area contributed by atoms with Crippen LogP contribution in [-0.2, 0) is 9.59 Å². The number of likely N-dealkylation sites (tertiary alicyclic amines) is 1. The summed E-state index contributed by atoms with van der Waals surface area (Å²) < 4.78 is 14.1. The fourth-order valence-electron chi connectivity index (χ4n) is 2.94. The van der Waals surface area contributed by atoms with Crippen LogP contribution in [0.2, 0.25) is 0 Å². The average molecular weight is 331 g/mol. The van der Waals surface area contributed by atoms with Crippen LogP contribution >= 0.6 is 0 Å². The first-order chi connectivity index (χ1) is 11.6. The number of halogens is 1. The molecule has 1 heterocycles. The summed E-state index contributed by atoms with van der Waals surface area (Å²) in [6, 6.07) is 5.13. The van der Waals surface area contributed by atoms with E-state index >= 15 is 0 Å². The molecule has 24 heavy (non-hydrogen) atoms. The number of piperidine rings is 1. The molecule has 1 aromatic rings. The lowest BCUT2D eigenvalue weighted by atomic mass is 9.95. The first-order valence-corrected chi connectivity index (χ1v) is 8.35. The van der Waals surface area contributed by atoms with Gasteiger partial charge in [-0.05, 0) is 43.9 Å². The van der Waals surface area contributed by atoms with Gasteiger partial charge in [-0.3, -0.25) is 9.59 Å². The normalized spacial score (nSPS) is 18.1. The number of amides is 2. The third-order valence-corrected chi connectivity index (χ3v) is 4.55. The first-order valence-electron chi connectivity index (χ1n) is 8.35. The van der Waals surface area contributed by atoms with Crippen molar-refractivity contribution < 1.29 is 14.0 Å². The highest BCUT2D eigenvalue weighted by Gasteiger charge is 2.28. The van der Waals surface area contributed by atoms with E-state index in [1.165, 1.54) is 12.1 Å². The van der Waals surface area contributed by atoms with E-state index < -0.39 is 5.82 Å². The molecule has 2 amide bonds. The van der Waals surface area contributed by atoms with E-state index in [2.05, 4.69) is 17.2 Å². The predicted molar refractivity (Wildman–Crippen MR) is 91.2 cm³/mol. The zero-order valence-electron chi connectivity index (χ0n) is 13.6. The van der Waals surface area contributed by atoms with E-state index in [0.717, 1.165) is 12.8 Å². The summed E-state index contributed by atoms with van der Waals surface area (Å²) >= 11 is 0. The van der Waals surface area contributed by atoms with Crippen molar-refractivity contribution in [2.45, 2.75) is 31.7 Å². The summed E-state index contributed by atoms with van der Waals surface area (Å²) in [4.78, 5) is 25.8. The molecule has 1 aromatic carbocycles. The summed E-state index contributed by atoms with van der Waals surface area (Å²) in [6.45, 7) is 4.52. The van der Waals surface area contributed by atoms with Gasteiger partial charge in [0.1, 0.15) is 11.5 Å². The van der Waals surface area contributed by atoms with E-state index in [0.29, 0.717) is 37.7 Å². The van der Waals surface area contributed by atoms with Crippen molar-refractivity contribution in [1.82, 2.24) is 4.90 Å². The number of rotatable bonds is 5. The topological polar surface area (TPSA) is 61.4 Å². The van der Waals surface area contributed by atoms with Crippen molar-refractivity contribution in [1.29, 1.82) is 0 Å². The molecule has 0 aromatic heterocycles. The van der Waals surface area contributed by atoms with Gasteiger partial charge in [-0.25, -0.2) is 4.39 Å². The van der Waals surface area contributed by atoms with E-state index in [1.54, 1.807) is 17.0 Å². The molecular weight excluding hydrogens is 309 g/mol. The Morgan fingerprint density at radius 2 is 1.92 bits per heavy atom. The van der Waals surface area contributed by atoms with Gasteiger partial charge in [-0.2, -0.15) is 0 Å². The number of hydrogen-bond donors (Lipinski definition) is 2. The summed E-state index contributed by atoms with van der Waals surface area (Å²) in [7, 11) is 0. The Kier molecular flexibility index (Phi) is 4.83. The second-order valence-corrected chi connectivity index (χ2v) is 6.37. The highest BCUT2D eigenvalue weighted by Crippen LogP contribution is 2.32. The minimum Gasteiger partial charge on any atom is -0.381 e. The Morgan fingerprint density at radius 3 is 2.54 bits per heavy atom. The van der Waals surface area contributed by atoms with Gasteiger partial charge < -0.3 is 15.5 Å². The molecular formula is C18H22FN3O2. The van der Waals surface area contributed by atoms with Crippen LogP contribution in [0.5, 0.6) is 0 Å². The Morgan fingerprint density at radius 1 is 1.21 bits per heavy atom. The van der Waals surface area contributed by atoms with Crippen LogP contribution in [0.3, 0.4) is 0 Å². The SMILES string of the molecule is C=CC(=O)N1CCC(C(=O)Nc2c(F)cccc2NC2CC2)CC1. The zero-order valence-corrected chi connectivity index (χ0v) is 13.6. The fourth-order valence-corrected chi connectivity index (χ4v) is 2.94. The molecule has 6 heteroatoms. The molecule has 1 aliphatic carbocycles. The Hall–Kier alpha value is -2.37. The molecule has 2 N–H and O–H groups in total. The number of anilines is 2. The molecule has 3 rings (SSSR count). The van der Waals surface area contributed by atoms with E-state index in [1.807, 2.05) is 0 Å². The second kappa shape index (κ2) is 7.03. The van der Waals surface area contributed by atoms with E-state index in [-0.39, 0.29) is 23.4 Å². The number of nitrogens with zero attached hydrogens (tertiary/aromatic N) is 1. The van der Waals surface area contributed by atoms with Crippen LogP contribution in [0, 0.1) is 11.7 Å². The van der Waals surface area contributed by atoms with E-state index in [4.69, 9.17) is 0 Å². The minimum atomic E-state index is -0.437. The van der Waals surface area contributed by atoms with Crippen LogP contribution < -0.4 is 10.6 Å². The van der Waals surface area contributed by atoms with Gasteiger partial charge in [0.2, 0.25) is 11.8 Å². The van der Waals surface area contributed by atoms with E-state index in [9.17, 15) is 14.0 Å². The molecule has 5 nitrogen and oxygen atoms in total. The number of nitrogens with one attached hydrogen (secondary N) is 2. The molecule has 1 aliphatic heterocycles. The van der Waals surface area contributed by atoms with Crippen molar-refractivity contribution in [3.05, 3.63) is 36.7 Å². The standard InChI is InChI=1S/C18H22FN3O2/c1-2-16(23)22-10-8-12(9-11-22)18(24)21-17-14(19)4-3-5-15(17)20-13-6-7-13/h2-5,12-13,20H,1,6-11H2,(H,21,24). The van der Waals surface area contributed by atoms with Crippen molar-refractivity contribution in [3.63, 3.8) is 0 Å². The second-order valence-electron chi connectivity index (χ2n) is 6.37. The molecule has 1 saturated carbocycles. The lowest BCUT2D eigenvalue weighted by Crippen LogP contribution is -2.40. The number of benzene rings is 1. The van der Waals surface area contributed by atoms with Gasteiger partial charge in [-0.1, -0.05) is 12.6 Å². The van der Waals surface area contributed by atoms with Crippen molar-refractivity contribution in [3.8, 4) is 0 Å². The third kappa shape index (κ3) is 3.75. The molecule has 0 radical (unpaired) electrons. The Labute approximate surface area is 140 Å². The molecule has 1 saturated heterocycles. The molecule has 2 fully saturated rings. The fraction of sp³-hybridized carbons (Fsp3) is 0.444. The van der Waals surface area contributed by atoms with Gasteiger partial charge in [0, 0.05) is 25.0 Å². The monoisotopic (exact) mass is 331 g/mol. The highest BCUT2D eigenvalue weighted by molar-refractivity contribution is 5.96. The Balaban J connectivity index is 1.63. The van der Waals surface area contributed by atoms with Gasteiger partial charge in [-0.15, -0.1) is 0 Å². The summed E-state index contributed by atoms with van der Waals surface area (Å²) in [6.07, 6.45) is 4.57. The summed E-state index contributed by atoms with van der Waals surface area (Å²) in [5.41, 5.74) is 0.851. The van der Waals surface area contributed by atoms with Crippen LogP contribution in [-0.4, -0.2) is 35.8 Å². The lowest BCUT2D eigenvalue weighted by Gasteiger charge is -2.30. The maximum atomic E-state index is 14.1. The third-order valence-electron chi connectivity index (χ3n) is 4.55. The summed E-state index contributed by atoms with van der Waals surface area (Å²) in [5.74, 6) is -0.955. The van der Waals surface area contributed by atoms with Gasteiger partial charge >= 0.3 is 0 Å². The quantitative estimate of drug-likeness (QED) is 0.816. The number of carbonyl (C=O) groups is 2. The average Bonchev–Trinajstić information content (AvgIpc) is 3.41. The van der Waals surface area contributed by atoms with Crippen LogP contribution in [0.15, 0.2) is 30.9 Å². The van der Waals surface area contributed by atoms with Gasteiger partial charge in [0.15, 0.2) is 0 Å². The molecule has 0 atom stereocenters. The maximum absolute atomic E-state index is 14.1. The largest absolute Gasteiger partial charge is 0.381 e. The van der Waals surface area contributed by atoms with Crippen molar-refractivity contribution in [2.75, 3.05) is 23.7 Å². The molecule has 0 spiro atoms. The van der Waals surface area contributed by atoms with Crippen LogP contribution in [0.25, 0.3) is 0 Å². The van der Waals surface area contributed by atoms with Gasteiger partial charge in [0.25, 0.3) is 0 Å². The zero-order chi connectivity index (χ0) is 17.1. The smallest absolute Gasteiger partial charge is 0.245 e. The predicted octanol–water partition coefficient (Wildman–Crippen LogP) is 2.76. The minimum absolute atomic E-state index is 0.112. The van der Waals surface area contributed by atoms with Crippen molar-refractivity contribution >= 4 is 23.2 Å². The van der Waals surface area contributed by atoms with Gasteiger partial charge in [0.05, 0.1) is 5.69 Å². The molecule has 0 bridgehead atoms. The summed E-state index contributed by atoms with van der Waals surface area (Å²) in [5, 5.41) is 5.98. The number of para-hydroxylation sites is 1. The number of hydrogen-bond acceptors (Lipinski definition) is 3. The maximum Gasteiger partial charge on any atom is 0.245 e. The van der Waals surface area contributed by atoms with Crippen LogP contribution in [0.1, 0.15) is 25.7 Å². The molecule has 128 valence electrons. The molecule has 0 unspecified atom stereocenters. The van der Waals surface area contributed by atoms with Crippen LogP contribution in [0.4, 0.5) is 15.8 Å². The lowest BCUT2D eigenvalue weighted by molar-refractivity contribution is -0.130. The number of carbonyl (C=O) groups excluding carboxylic acids is 2.